The quantitative estimate of drug-likeness (QED) is 0.719. The van der Waals surface area contributed by atoms with Crippen molar-refractivity contribution in [3.05, 3.63) is 18.4 Å². The van der Waals surface area contributed by atoms with E-state index in [-0.39, 0.29) is 5.76 Å². The summed E-state index contributed by atoms with van der Waals surface area (Å²) in [6, 6.07) is 0. The molecule has 1 heterocycles. The summed E-state index contributed by atoms with van der Waals surface area (Å²) in [4.78, 5) is 14.7. The second kappa shape index (κ2) is 3.76. The van der Waals surface area contributed by atoms with Crippen molar-refractivity contribution in [3.8, 4) is 0 Å². The van der Waals surface area contributed by atoms with Crippen LogP contribution in [-0.2, 0) is 10.2 Å². The normalized spacial score (nSPS) is 11.6. The molecule has 7 nitrogen and oxygen atoms in total. The Morgan fingerprint density at radius 3 is 2.64 bits per heavy atom. The summed E-state index contributed by atoms with van der Waals surface area (Å²) in [7, 11) is -1.17. The Bertz CT molecular complexity index is 408. The summed E-state index contributed by atoms with van der Waals surface area (Å²) in [6.07, 6.45) is 2.16. The molecule has 1 rings (SSSR count). The lowest BCUT2D eigenvalue weighted by atomic mass is 10.5. The highest BCUT2D eigenvalue weighted by Gasteiger charge is 2.19. The Morgan fingerprint density at radius 1 is 1.57 bits per heavy atom. The van der Waals surface area contributed by atoms with E-state index in [4.69, 9.17) is 0 Å². The Morgan fingerprint density at radius 2 is 2.21 bits per heavy atom. The van der Waals surface area contributed by atoms with E-state index >= 15 is 0 Å². The molecule has 0 atom stereocenters. The lowest BCUT2D eigenvalue weighted by Crippen LogP contribution is -2.39. The maximum Gasteiger partial charge on any atom is 0.303 e. The van der Waals surface area contributed by atoms with Crippen molar-refractivity contribution in [1.82, 2.24) is 14.0 Å². The fourth-order valence-corrected chi connectivity index (χ4v) is 1.10. The smallest absolute Gasteiger partial charge is 0.303 e. The highest BCUT2D eigenvalue weighted by molar-refractivity contribution is 7.87. The van der Waals surface area contributed by atoms with Crippen LogP contribution in [0, 0.1) is 0 Å². The van der Waals surface area contributed by atoms with E-state index in [2.05, 4.69) is 9.40 Å². The Balaban J connectivity index is 2.77. The van der Waals surface area contributed by atoms with Gasteiger partial charge in [0.25, 0.3) is 0 Å². The van der Waals surface area contributed by atoms with Gasteiger partial charge in [-0.25, -0.2) is 9.71 Å². The van der Waals surface area contributed by atoms with Gasteiger partial charge in [0.15, 0.2) is 6.39 Å². The highest BCUT2D eigenvalue weighted by Crippen LogP contribution is 1.98. The molecule has 1 aromatic rings. The third kappa shape index (κ3) is 2.30. The molecule has 0 spiro atoms. The van der Waals surface area contributed by atoms with Gasteiger partial charge in [0.1, 0.15) is 0 Å². The van der Waals surface area contributed by atoms with Crippen LogP contribution < -0.4 is 4.72 Å². The highest BCUT2D eigenvalue weighted by atomic mass is 32.2. The first-order chi connectivity index (χ1) is 6.43. The number of carbonyl (C=O) groups is 1. The van der Waals surface area contributed by atoms with E-state index in [1.807, 2.05) is 0 Å². The van der Waals surface area contributed by atoms with E-state index in [0.717, 1.165) is 16.9 Å². The molecule has 1 aromatic heterocycles. The fourth-order valence-electron chi connectivity index (χ4n) is 0.587. The number of nitrogens with one attached hydrogen (secondary N) is 1. The summed E-state index contributed by atoms with van der Waals surface area (Å²) in [5.74, 6) is -1.01. The molecular formula is C6H9N3O4S. The van der Waals surface area contributed by atoms with Gasteiger partial charge in [-0.05, 0) is 0 Å². The van der Waals surface area contributed by atoms with Gasteiger partial charge >= 0.3 is 16.1 Å². The van der Waals surface area contributed by atoms with E-state index in [1.54, 1.807) is 4.72 Å². The van der Waals surface area contributed by atoms with Gasteiger partial charge in [0.2, 0.25) is 5.76 Å². The maximum absolute atomic E-state index is 11.2. The Hall–Kier alpha value is -1.41. The van der Waals surface area contributed by atoms with Gasteiger partial charge in [0, 0.05) is 14.1 Å². The first-order valence-electron chi connectivity index (χ1n) is 3.56. The van der Waals surface area contributed by atoms with Crippen molar-refractivity contribution >= 4 is 16.1 Å². The van der Waals surface area contributed by atoms with Crippen LogP contribution in [0.15, 0.2) is 17.0 Å². The minimum atomic E-state index is -3.78. The SMILES string of the molecule is CN(C)S(=O)(=O)NC(=O)c1cnco1. The third-order valence-corrected chi connectivity index (χ3v) is 2.76. The molecule has 0 aromatic carbocycles. The molecule has 78 valence electrons. The first kappa shape index (κ1) is 10.7. The lowest BCUT2D eigenvalue weighted by Gasteiger charge is -2.10. The molecule has 0 unspecified atom stereocenters. The molecule has 8 heteroatoms. The number of nitrogens with zero attached hydrogens (tertiary/aromatic N) is 2. The second-order valence-corrected chi connectivity index (χ2v) is 4.47. The zero-order valence-electron chi connectivity index (χ0n) is 7.59. The Labute approximate surface area is 80.9 Å². The number of carbonyl (C=O) groups excluding carboxylic acids is 1. The number of amides is 1. The summed E-state index contributed by atoms with van der Waals surface area (Å²) in [5, 5.41) is 0. The van der Waals surface area contributed by atoms with Crippen LogP contribution in [0.2, 0.25) is 0 Å². The minimum absolute atomic E-state index is 0.157. The molecule has 14 heavy (non-hydrogen) atoms. The number of hydrogen-bond donors (Lipinski definition) is 1. The standard InChI is InChI=1S/C6H9N3O4S/c1-9(2)14(11,12)8-6(10)5-3-7-4-13-5/h3-4H,1-2H3,(H,8,10). The molecule has 0 aliphatic carbocycles. The van der Waals surface area contributed by atoms with Gasteiger partial charge in [-0.2, -0.15) is 12.7 Å². The summed E-state index contributed by atoms with van der Waals surface area (Å²) < 4.78 is 29.6. The zero-order chi connectivity index (χ0) is 10.8. The monoisotopic (exact) mass is 219 g/mol. The van der Waals surface area contributed by atoms with E-state index in [0.29, 0.717) is 0 Å². The lowest BCUT2D eigenvalue weighted by molar-refractivity contribution is 0.0952. The molecule has 0 fully saturated rings. The van der Waals surface area contributed by atoms with Crippen LogP contribution in [0.5, 0.6) is 0 Å². The van der Waals surface area contributed by atoms with Gasteiger partial charge in [-0.15, -0.1) is 0 Å². The van der Waals surface area contributed by atoms with E-state index in [9.17, 15) is 13.2 Å². The van der Waals surface area contributed by atoms with Crippen molar-refractivity contribution in [2.24, 2.45) is 0 Å². The maximum atomic E-state index is 11.2. The van der Waals surface area contributed by atoms with Crippen molar-refractivity contribution in [3.63, 3.8) is 0 Å². The number of oxazole rings is 1. The Kier molecular flexibility index (Phi) is 2.87. The molecule has 0 saturated carbocycles. The fraction of sp³-hybridized carbons (Fsp3) is 0.333. The van der Waals surface area contributed by atoms with Gasteiger partial charge in [-0.1, -0.05) is 0 Å². The molecule has 0 radical (unpaired) electrons. The predicted molar refractivity (Wildman–Crippen MR) is 46.6 cm³/mol. The molecular weight excluding hydrogens is 210 g/mol. The minimum Gasteiger partial charge on any atom is -0.438 e. The summed E-state index contributed by atoms with van der Waals surface area (Å²) >= 11 is 0. The van der Waals surface area contributed by atoms with Crippen molar-refractivity contribution < 1.29 is 17.6 Å². The van der Waals surface area contributed by atoms with Crippen LogP contribution in [0.25, 0.3) is 0 Å². The van der Waals surface area contributed by atoms with Crippen molar-refractivity contribution in [2.75, 3.05) is 14.1 Å². The number of rotatable bonds is 3. The van der Waals surface area contributed by atoms with Crippen LogP contribution in [0.3, 0.4) is 0 Å². The summed E-state index contributed by atoms with van der Waals surface area (Å²) in [5.41, 5.74) is 0. The first-order valence-corrected chi connectivity index (χ1v) is 5.00. The van der Waals surface area contributed by atoms with Crippen LogP contribution in [-0.4, -0.2) is 37.7 Å². The topological polar surface area (TPSA) is 92.5 Å². The van der Waals surface area contributed by atoms with Crippen LogP contribution in [0.1, 0.15) is 10.6 Å². The van der Waals surface area contributed by atoms with Crippen LogP contribution >= 0.6 is 0 Å². The molecule has 1 N–H and O–H groups in total. The average Bonchev–Trinajstić information content (AvgIpc) is 2.54. The zero-order valence-corrected chi connectivity index (χ0v) is 8.41. The average molecular weight is 219 g/mol. The summed E-state index contributed by atoms with van der Waals surface area (Å²) in [6.45, 7) is 0. The molecule has 0 aliphatic heterocycles. The van der Waals surface area contributed by atoms with E-state index in [1.165, 1.54) is 14.1 Å². The van der Waals surface area contributed by atoms with Gasteiger partial charge < -0.3 is 4.42 Å². The predicted octanol–water partition coefficient (Wildman–Crippen LogP) is -0.789. The van der Waals surface area contributed by atoms with Crippen molar-refractivity contribution in [1.29, 1.82) is 0 Å². The van der Waals surface area contributed by atoms with Crippen LogP contribution in [0.4, 0.5) is 0 Å². The molecule has 0 saturated heterocycles. The second-order valence-electron chi connectivity index (χ2n) is 2.58. The molecule has 1 amide bonds. The molecule has 0 aliphatic rings. The number of hydrogen-bond acceptors (Lipinski definition) is 5. The van der Waals surface area contributed by atoms with E-state index < -0.39 is 16.1 Å². The van der Waals surface area contributed by atoms with Gasteiger partial charge in [-0.3, -0.25) is 4.79 Å². The molecule has 0 bridgehead atoms. The third-order valence-electron chi connectivity index (χ3n) is 1.36. The number of aromatic nitrogens is 1. The largest absolute Gasteiger partial charge is 0.438 e. The van der Waals surface area contributed by atoms with Gasteiger partial charge in [0.05, 0.1) is 6.20 Å². The van der Waals surface area contributed by atoms with Crippen molar-refractivity contribution in [2.45, 2.75) is 0 Å².